The third-order valence-electron chi connectivity index (χ3n) is 2.74. The minimum atomic E-state index is 0.731. The summed E-state index contributed by atoms with van der Waals surface area (Å²) in [6.07, 6.45) is 3.83. The quantitative estimate of drug-likeness (QED) is 0.819. The van der Waals surface area contributed by atoms with Crippen molar-refractivity contribution >= 4 is 21.9 Å². The standard InChI is InChI=1S/C9H12BrN3/c10-8-7(6-2-3-6)12-9-11-4-1-5-13(8)9/h6H,1-5H2,(H,11,12). The second-order valence-electron chi connectivity index (χ2n) is 3.82. The van der Waals surface area contributed by atoms with Crippen molar-refractivity contribution in [2.24, 2.45) is 0 Å². The minimum absolute atomic E-state index is 0.731. The fourth-order valence-electron chi connectivity index (χ4n) is 1.84. The molecule has 13 heavy (non-hydrogen) atoms. The Morgan fingerprint density at radius 2 is 2.31 bits per heavy atom. The van der Waals surface area contributed by atoms with Gasteiger partial charge in [0.05, 0.1) is 5.69 Å². The van der Waals surface area contributed by atoms with E-state index in [4.69, 9.17) is 0 Å². The molecule has 1 saturated carbocycles. The van der Waals surface area contributed by atoms with Gasteiger partial charge in [-0.3, -0.25) is 0 Å². The van der Waals surface area contributed by atoms with Gasteiger partial charge in [0.15, 0.2) is 0 Å². The van der Waals surface area contributed by atoms with Crippen molar-refractivity contribution < 1.29 is 0 Å². The van der Waals surface area contributed by atoms with Crippen LogP contribution in [0.15, 0.2) is 4.60 Å². The maximum Gasteiger partial charge on any atom is 0.203 e. The lowest BCUT2D eigenvalue weighted by Gasteiger charge is -2.15. The smallest absolute Gasteiger partial charge is 0.203 e. The third-order valence-corrected chi connectivity index (χ3v) is 3.57. The van der Waals surface area contributed by atoms with E-state index in [-0.39, 0.29) is 0 Å². The zero-order valence-corrected chi connectivity index (χ0v) is 8.97. The lowest BCUT2D eigenvalue weighted by molar-refractivity contribution is 0.617. The van der Waals surface area contributed by atoms with Crippen molar-refractivity contribution in [2.75, 3.05) is 11.9 Å². The first-order chi connectivity index (χ1) is 6.36. The highest BCUT2D eigenvalue weighted by Crippen LogP contribution is 2.43. The Kier molecular flexibility index (Phi) is 1.65. The average molecular weight is 242 g/mol. The van der Waals surface area contributed by atoms with Crippen LogP contribution in [0.5, 0.6) is 0 Å². The first-order valence-electron chi connectivity index (χ1n) is 4.86. The molecule has 2 heterocycles. The van der Waals surface area contributed by atoms with Gasteiger partial charge in [-0.05, 0) is 35.2 Å². The van der Waals surface area contributed by atoms with Gasteiger partial charge in [0.25, 0.3) is 0 Å². The molecule has 0 aromatic carbocycles. The number of imidazole rings is 1. The number of halogens is 1. The van der Waals surface area contributed by atoms with Crippen LogP contribution in [0, 0.1) is 0 Å². The molecule has 1 aliphatic carbocycles. The van der Waals surface area contributed by atoms with Crippen LogP contribution >= 0.6 is 15.9 Å². The molecule has 3 nitrogen and oxygen atoms in total. The largest absolute Gasteiger partial charge is 0.356 e. The number of hydrogen-bond donors (Lipinski definition) is 1. The van der Waals surface area contributed by atoms with Crippen LogP contribution in [0.1, 0.15) is 30.9 Å². The van der Waals surface area contributed by atoms with E-state index in [0.717, 1.165) is 25.0 Å². The Labute approximate surface area is 85.7 Å². The van der Waals surface area contributed by atoms with Gasteiger partial charge in [0.1, 0.15) is 4.60 Å². The second-order valence-corrected chi connectivity index (χ2v) is 4.57. The van der Waals surface area contributed by atoms with Gasteiger partial charge in [-0.15, -0.1) is 0 Å². The first kappa shape index (κ1) is 7.85. The lowest BCUT2D eigenvalue weighted by atomic mass is 10.3. The molecular formula is C9H12BrN3. The van der Waals surface area contributed by atoms with E-state index in [1.54, 1.807) is 0 Å². The molecule has 0 saturated heterocycles. The summed E-state index contributed by atoms with van der Waals surface area (Å²) in [6.45, 7) is 2.16. The van der Waals surface area contributed by atoms with E-state index in [1.165, 1.54) is 29.6 Å². The van der Waals surface area contributed by atoms with E-state index in [2.05, 4.69) is 30.8 Å². The van der Waals surface area contributed by atoms with Crippen molar-refractivity contribution in [3.63, 3.8) is 0 Å². The molecule has 1 N–H and O–H groups in total. The van der Waals surface area contributed by atoms with Crippen LogP contribution in [0.3, 0.4) is 0 Å². The SMILES string of the molecule is Brc1c(C2CC2)nc2n1CCCN2. The summed E-state index contributed by atoms with van der Waals surface area (Å²) in [5.41, 5.74) is 1.27. The summed E-state index contributed by atoms with van der Waals surface area (Å²) < 4.78 is 3.45. The molecule has 3 rings (SSSR count). The molecule has 0 radical (unpaired) electrons. The molecule has 4 heteroatoms. The Balaban J connectivity index is 2.06. The predicted octanol–water partition coefficient (Wildman–Crippen LogP) is 2.34. The summed E-state index contributed by atoms with van der Waals surface area (Å²) in [5.74, 6) is 1.79. The molecule has 1 fully saturated rings. The summed E-state index contributed by atoms with van der Waals surface area (Å²) in [7, 11) is 0. The Bertz CT molecular complexity index is 341. The van der Waals surface area contributed by atoms with E-state index < -0.39 is 0 Å². The fraction of sp³-hybridized carbons (Fsp3) is 0.667. The molecule has 0 bridgehead atoms. The molecule has 1 aromatic heterocycles. The van der Waals surface area contributed by atoms with Gasteiger partial charge in [-0.2, -0.15) is 0 Å². The molecular weight excluding hydrogens is 230 g/mol. The highest BCUT2D eigenvalue weighted by Gasteiger charge is 2.31. The van der Waals surface area contributed by atoms with Gasteiger partial charge in [0, 0.05) is 19.0 Å². The van der Waals surface area contributed by atoms with Gasteiger partial charge >= 0.3 is 0 Å². The van der Waals surface area contributed by atoms with Crippen LogP contribution in [0.25, 0.3) is 0 Å². The number of anilines is 1. The average Bonchev–Trinajstić information content (AvgIpc) is 2.94. The molecule has 1 aromatic rings. The molecule has 1 aliphatic heterocycles. The van der Waals surface area contributed by atoms with Gasteiger partial charge in [-0.25, -0.2) is 4.98 Å². The maximum absolute atomic E-state index is 4.62. The second kappa shape index (κ2) is 2.74. The van der Waals surface area contributed by atoms with Crippen molar-refractivity contribution in [3.8, 4) is 0 Å². The van der Waals surface area contributed by atoms with E-state index in [0.29, 0.717) is 0 Å². The van der Waals surface area contributed by atoms with Gasteiger partial charge in [0.2, 0.25) is 5.95 Å². The number of rotatable bonds is 1. The lowest BCUT2D eigenvalue weighted by Crippen LogP contribution is -2.17. The summed E-state index contributed by atoms with van der Waals surface area (Å²) in [5, 5.41) is 3.33. The molecule has 0 unspecified atom stereocenters. The summed E-state index contributed by atoms with van der Waals surface area (Å²) in [6, 6.07) is 0. The molecule has 2 aliphatic rings. The van der Waals surface area contributed by atoms with Crippen molar-refractivity contribution in [1.82, 2.24) is 9.55 Å². The zero-order valence-electron chi connectivity index (χ0n) is 7.39. The number of fused-ring (bicyclic) bond motifs is 1. The monoisotopic (exact) mass is 241 g/mol. The zero-order chi connectivity index (χ0) is 8.84. The Hall–Kier alpha value is -0.510. The number of nitrogens with one attached hydrogen (secondary N) is 1. The maximum atomic E-state index is 4.62. The number of nitrogens with zero attached hydrogens (tertiary/aromatic N) is 2. The number of aromatic nitrogens is 2. The molecule has 0 spiro atoms. The van der Waals surface area contributed by atoms with Gasteiger partial charge < -0.3 is 9.88 Å². The van der Waals surface area contributed by atoms with Crippen molar-refractivity contribution in [2.45, 2.75) is 31.7 Å². The van der Waals surface area contributed by atoms with E-state index >= 15 is 0 Å². The Morgan fingerprint density at radius 1 is 1.46 bits per heavy atom. The van der Waals surface area contributed by atoms with E-state index in [9.17, 15) is 0 Å². The molecule has 0 atom stereocenters. The van der Waals surface area contributed by atoms with Crippen LogP contribution < -0.4 is 5.32 Å². The topological polar surface area (TPSA) is 29.9 Å². The van der Waals surface area contributed by atoms with Gasteiger partial charge in [-0.1, -0.05) is 0 Å². The molecule has 70 valence electrons. The number of hydrogen-bond acceptors (Lipinski definition) is 2. The van der Waals surface area contributed by atoms with Crippen LogP contribution in [-0.4, -0.2) is 16.1 Å². The highest BCUT2D eigenvalue weighted by molar-refractivity contribution is 9.10. The first-order valence-corrected chi connectivity index (χ1v) is 5.65. The molecule has 0 amide bonds. The van der Waals surface area contributed by atoms with Crippen LogP contribution in [-0.2, 0) is 6.54 Å². The normalized spacial score (nSPS) is 21.0. The summed E-state index contributed by atoms with van der Waals surface area (Å²) in [4.78, 5) is 4.62. The fourth-order valence-corrected chi connectivity index (χ4v) is 2.60. The van der Waals surface area contributed by atoms with Crippen molar-refractivity contribution in [1.29, 1.82) is 0 Å². The Morgan fingerprint density at radius 3 is 3.00 bits per heavy atom. The highest BCUT2D eigenvalue weighted by atomic mass is 79.9. The predicted molar refractivity (Wildman–Crippen MR) is 55.0 cm³/mol. The van der Waals surface area contributed by atoms with Crippen molar-refractivity contribution in [3.05, 3.63) is 10.3 Å². The van der Waals surface area contributed by atoms with E-state index in [1.807, 2.05) is 0 Å². The van der Waals surface area contributed by atoms with Crippen LogP contribution in [0.4, 0.5) is 5.95 Å². The van der Waals surface area contributed by atoms with Crippen LogP contribution in [0.2, 0.25) is 0 Å². The third kappa shape index (κ3) is 1.19. The summed E-state index contributed by atoms with van der Waals surface area (Å²) >= 11 is 3.64. The minimum Gasteiger partial charge on any atom is -0.356 e.